The van der Waals surface area contributed by atoms with E-state index in [4.69, 9.17) is 0 Å². The SMILES string of the molecule is CNC(=O)C(Cc1ccccc1)N(Cc1cccc(Br)c1)C(=O)CSCc1cccc(C)c1. The molecule has 0 bridgehead atoms. The molecule has 0 saturated carbocycles. The van der Waals surface area contributed by atoms with Crippen LogP contribution in [0.4, 0.5) is 0 Å². The van der Waals surface area contributed by atoms with Crippen LogP contribution in [0.2, 0.25) is 0 Å². The molecule has 3 rings (SSSR count). The second-order valence-electron chi connectivity index (χ2n) is 7.95. The summed E-state index contributed by atoms with van der Waals surface area (Å²) in [5.74, 6) is 0.856. The zero-order chi connectivity index (χ0) is 23.6. The van der Waals surface area contributed by atoms with Crippen LogP contribution in [0.5, 0.6) is 0 Å². The predicted molar refractivity (Wildman–Crippen MR) is 140 cm³/mol. The molecule has 0 aliphatic heterocycles. The number of likely N-dealkylation sites (N-methyl/N-ethyl adjacent to an activating group) is 1. The highest BCUT2D eigenvalue weighted by Gasteiger charge is 2.29. The van der Waals surface area contributed by atoms with E-state index in [9.17, 15) is 9.59 Å². The van der Waals surface area contributed by atoms with Gasteiger partial charge in [0.1, 0.15) is 6.04 Å². The molecule has 1 N–H and O–H groups in total. The van der Waals surface area contributed by atoms with E-state index in [1.165, 1.54) is 11.1 Å². The largest absolute Gasteiger partial charge is 0.357 e. The van der Waals surface area contributed by atoms with Crippen LogP contribution in [-0.4, -0.2) is 35.6 Å². The van der Waals surface area contributed by atoms with Crippen LogP contribution < -0.4 is 5.32 Å². The number of nitrogens with one attached hydrogen (secondary N) is 1. The lowest BCUT2D eigenvalue weighted by Gasteiger charge is -2.31. The molecular weight excluding hydrogens is 496 g/mol. The van der Waals surface area contributed by atoms with Gasteiger partial charge in [-0.15, -0.1) is 11.8 Å². The minimum atomic E-state index is -0.594. The topological polar surface area (TPSA) is 49.4 Å². The van der Waals surface area contributed by atoms with E-state index in [1.54, 1.807) is 23.7 Å². The zero-order valence-corrected chi connectivity index (χ0v) is 21.4. The van der Waals surface area contributed by atoms with E-state index in [-0.39, 0.29) is 11.8 Å². The average Bonchev–Trinajstić information content (AvgIpc) is 2.81. The minimum Gasteiger partial charge on any atom is -0.357 e. The van der Waals surface area contributed by atoms with Crippen LogP contribution in [0.3, 0.4) is 0 Å². The molecule has 2 amide bonds. The number of halogens is 1. The second kappa shape index (κ2) is 12.6. The van der Waals surface area contributed by atoms with E-state index in [1.807, 2.05) is 60.7 Å². The van der Waals surface area contributed by atoms with Gasteiger partial charge in [-0.25, -0.2) is 0 Å². The molecule has 3 aromatic rings. The Labute approximate surface area is 208 Å². The van der Waals surface area contributed by atoms with Crippen LogP contribution in [0.25, 0.3) is 0 Å². The number of rotatable bonds is 10. The van der Waals surface area contributed by atoms with Crippen molar-refractivity contribution in [3.63, 3.8) is 0 Å². The summed E-state index contributed by atoms with van der Waals surface area (Å²) in [6.07, 6.45) is 0.461. The number of carbonyl (C=O) groups excluding carboxylic acids is 2. The lowest BCUT2D eigenvalue weighted by molar-refractivity contribution is -0.139. The average molecular weight is 526 g/mol. The lowest BCUT2D eigenvalue weighted by atomic mass is 10.0. The Hall–Kier alpha value is -2.57. The third kappa shape index (κ3) is 7.76. The first-order valence-electron chi connectivity index (χ1n) is 10.9. The van der Waals surface area contributed by atoms with Crippen molar-refractivity contribution in [1.82, 2.24) is 10.2 Å². The van der Waals surface area contributed by atoms with Gasteiger partial charge in [0.05, 0.1) is 5.75 Å². The Morgan fingerprint density at radius 1 is 0.939 bits per heavy atom. The molecule has 0 heterocycles. The monoisotopic (exact) mass is 524 g/mol. The molecule has 0 saturated heterocycles. The second-order valence-corrected chi connectivity index (χ2v) is 9.85. The molecule has 0 aliphatic rings. The van der Waals surface area contributed by atoms with Gasteiger partial charge in [-0.2, -0.15) is 0 Å². The summed E-state index contributed by atoms with van der Waals surface area (Å²) in [6.45, 7) is 2.44. The van der Waals surface area contributed by atoms with Gasteiger partial charge in [0.25, 0.3) is 0 Å². The summed E-state index contributed by atoms with van der Waals surface area (Å²) in [5, 5.41) is 2.76. The van der Waals surface area contributed by atoms with Crippen molar-refractivity contribution < 1.29 is 9.59 Å². The van der Waals surface area contributed by atoms with Crippen molar-refractivity contribution in [1.29, 1.82) is 0 Å². The van der Waals surface area contributed by atoms with E-state index >= 15 is 0 Å². The van der Waals surface area contributed by atoms with Gasteiger partial charge in [-0.1, -0.05) is 88.2 Å². The van der Waals surface area contributed by atoms with Crippen molar-refractivity contribution in [2.75, 3.05) is 12.8 Å². The molecule has 0 aliphatic carbocycles. The fourth-order valence-electron chi connectivity index (χ4n) is 3.69. The standard InChI is InChI=1S/C27H29BrN2O2S/c1-20-8-6-12-23(14-20)18-33-19-26(31)30(17-22-11-7-13-24(28)15-22)25(27(32)29-2)16-21-9-4-3-5-10-21/h3-15,25H,16-19H2,1-2H3,(H,29,32). The van der Waals surface area contributed by atoms with Gasteiger partial charge >= 0.3 is 0 Å². The Balaban J connectivity index is 1.81. The van der Waals surface area contributed by atoms with Crippen LogP contribution in [0, 0.1) is 6.92 Å². The molecule has 0 aromatic heterocycles. The molecule has 172 valence electrons. The van der Waals surface area contributed by atoms with Gasteiger partial charge in [0, 0.05) is 30.2 Å². The molecule has 6 heteroatoms. The molecule has 1 unspecified atom stereocenters. The van der Waals surface area contributed by atoms with E-state index < -0.39 is 6.04 Å². The number of amides is 2. The van der Waals surface area contributed by atoms with Gasteiger partial charge in [-0.3, -0.25) is 9.59 Å². The molecule has 4 nitrogen and oxygen atoms in total. The van der Waals surface area contributed by atoms with Crippen LogP contribution in [-0.2, 0) is 28.3 Å². The van der Waals surface area contributed by atoms with Crippen molar-refractivity contribution in [2.45, 2.75) is 31.7 Å². The van der Waals surface area contributed by atoms with E-state index in [0.29, 0.717) is 18.7 Å². The summed E-state index contributed by atoms with van der Waals surface area (Å²) in [7, 11) is 1.62. The van der Waals surface area contributed by atoms with Crippen molar-refractivity contribution >= 4 is 39.5 Å². The Morgan fingerprint density at radius 2 is 1.64 bits per heavy atom. The Kier molecular flexibility index (Phi) is 9.58. The van der Waals surface area contributed by atoms with Gasteiger partial charge in [0.2, 0.25) is 11.8 Å². The maximum atomic E-state index is 13.5. The number of nitrogens with zero attached hydrogens (tertiary/aromatic N) is 1. The van der Waals surface area contributed by atoms with Crippen molar-refractivity contribution in [3.8, 4) is 0 Å². The summed E-state index contributed by atoms with van der Waals surface area (Å²) in [5.41, 5.74) is 4.39. The fourth-order valence-corrected chi connectivity index (χ4v) is 5.00. The molecule has 1 atom stereocenters. The maximum Gasteiger partial charge on any atom is 0.242 e. The molecule has 0 spiro atoms. The molecule has 3 aromatic carbocycles. The maximum absolute atomic E-state index is 13.5. The predicted octanol–water partition coefficient (Wildman–Crippen LogP) is 5.38. The van der Waals surface area contributed by atoms with Gasteiger partial charge in [-0.05, 0) is 35.7 Å². The first-order valence-corrected chi connectivity index (χ1v) is 12.8. The van der Waals surface area contributed by atoms with Crippen molar-refractivity contribution in [2.24, 2.45) is 0 Å². The first kappa shape index (κ1) is 25.1. The summed E-state index contributed by atoms with van der Waals surface area (Å²) in [6, 6.07) is 25.4. The quantitative estimate of drug-likeness (QED) is 0.387. The lowest BCUT2D eigenvalue weighted by Crippen LogP contribution is -2.50. The molecule has 0 fully saturated rings. The highest BCUT2D eigenvalue weighted by Crippen LogP contribution is 2.20. The highest BCUT2D eigenvalue weighted by molar-refractivity contribution is 9.10. The smallest absolute Gasteiger partial charge is 0.242 e. The molecule has 33 heavy (non-hydrogen) atoms. The normalized spacial score (nSPS) is 11.6. The zero-order valence-electron chi connectivity index (χ0n) is 19.0. The number of carbonyl (C=O) groups is 2. The number of benzene rings is 3. The Bertz CT molecular complexity index is 1070. The summed E-state index contributed by atoms with van der Waals surface area (Å²) >= 11 is 5.09. The van der Waals surface area contributed by atoms with Crippen LogP contribution in [0.1, 0.15) is 22.3 Å². The minimum absolute atomic E-state index is 0.0443. The van der Waals surface area contributed by atoms with Crippen LogP contribution in [0.15, 0.2) is 83.3 Å². The number of thioether (sulfide) groups is 1. The van der Waals surface area contributed by atoms with Gasteiger partial charge < -0.3 is 10.2 Å². The fraction of sp³-hybridized carbons (Fsp3) is 0.259. The number of aryl methyl sites for hydroxylation is 1. The third-order valence-electron chi connectivity index (χ3n) is 5.34. The molecular formula is C27H29BrN2O2S. The first-order chi connectivity index (χ1) is 16.0. The van der Waals surface area contributed by atoms with Gasteiger partial charge in [0.15, 0.2) is 0 Å². The Morgan fingerprint density at radius 3 is 2.33 bits per heavy atom. The summed E-state index contributed by atoms with van der Waals surface area (Å²) < 4.78 is 0.945. The number of hydrogen-bond donors (Lipinski definition) is 1. The van der Waals surface area contributed by atoms with E-state index in [2.05, 4.69) is 46.4 Å². The van der Waals surface area contributed by atoms with E-state index in [0.717, 1.165) is 21.4 Å². The summed E-state index contributed by atoms with van der Waals surface area (Å²) in [4.78, 5) is 28.1. The highest BCUT2D eigenvalue weighted by atomic mass is 79.9. The van der Waals surface area contributed by atoms with Crippen molar-refractivity contribution in [3.05, 3.63) is 106 Å². The molecule has 0 radical (unpaired) electrons. The van der Waals surface area contributed by atoms with Crippen LogP contribution >= 0.6 is 27.7 Å². The number of hydrogen-bond acceptors (Lipinski definition) is 3. The third-order valence-corrected chi connectivity index (χ3v) is 6.82.